The number of hydrogen-bond donors (Lipinski definition) is 2. The standard InChI is InChI=1S/C15H20N4OS/c1-2-15(6-3-4-7-15)9-17-13(20)12-11(16)10-5-8-18-19-14(10)21-12/h5,8H,2-4,6-7,9,16H2,1H3,(H,17,20). The Hall–Kier alpha value is -1.69. The number of hydrogen-bond acceptors (Lipinski definition) is 5. The van der Waals surface area contributed by atoms with E-state index in [-0.39, 0.29) is 11.3 Å². The predicted octanol–water partition coefficient (Wildman–Crippen LogP) is 2.97. The maximum absolute atomic E-state index is 12.4. The van der Waals surface area contributed by atoms with Gasteiger partial charge in [0.2, 0.25) is 0 Å². The van der Waals surface area contributed by atoms with E-state index in [2.05, 4.69) is 22.4 Å². The van der Waals surface area contributed by atoms with Gasteiger partial charge in [-0.05, 0) is 30.7 Å². The molecule has 0 unspecified atom stereocenters. The third-order valence-electron chi connectivity index (χ3n) is 4.66. The fourth-order valence-electron chi connectivity index (χ4n) is 3.17. The summed E-state index contributed by atoms with van der Waals surface area (Å²) in [5.41, 5.74) is 6.86. The number of aromatic nitrogens is 2. The van der Waals surface area contributed by atoms with Gasteiger partial charge in [0.05, 0.1) is 11.9 Å². The highest BCUT2D eigenvalue weighted by Gasteiger charge is 2.32. The Kier molecular flexibility index (Phi) is 3.80. The van der Waals surface area contributed by atoms with Crippen LogP contribution in [0, 0.1) is 5.41 Å². The Balaban J connectivity index is 1.76. The number of carbonyl (C=O) groups excluding carboxylic acids is 1. The number of fused-ring (bicyclic) bond motifs is 1. The van der Waals surface area contributed by atoms with Crippen molar-refractivity contribution < 1.29 is 4.79 Å². The summed E-state index contributed by atoms with van der Waals surface area (Å²) in [5, 5.41) is 11.7. The minimum Gasteiger partial charge on any atom is -0.397 e. The van der Waals surface area contributed by atoms with Crippen LogP contribution in [-0.4, -0.2) is 22.6 Å². The van der Waals surface area contributed by atoms with Crippen molar-refractivity contribution in [1.29, 1.82) is 0 Å². The van der Waals surface area contributed by atoms with Gasteiger partial charge in [-0.25, -0.2) is 0 Å². The largest absolute Gasteiger partial charge is 0.397 e. The van der Waals surface area contributed by atoms with Crippen molar-refractivity contribution in [2.24, 2.45) is 5.41 Å². The van der Waals surface area contributed by atoms with Crippen LogP contribution in [0.2, 0.25) is 0 Å². The Morgan fingerprint density at radius 3 is 2.90 bits per heavy atom. The Bertz CT molecular complexity index is 661. The van der Waals surface area contributed by atoms with Crippen LogP contribution in [0.15, 0.2) is 12.3 Å². The molecule has 112 valence electrons. The molecule has 0 aromatic carbocycles. The first-order chi connectivity index (χ1) is 10.2. The molecular weight excluding hydrogens is 284 g/mol. The summed E-state index contributed by atoms with van der Waals surface area (Å²) >= 11 is 1.31. The minimum atomic E-state index is -0.0878. The topological polar surface area (TPSA) is 80.9 Å². The lowest BCUT2D eigenvalue weighted by molar-refractivity contribution is 0.0933. The van der Waals surface area contributed by atoms with Crippen molar-refractivity contribution in [3.8, 4) is 0 Å². The molecule has 1 fully saturated rings. The van der Waals surface area contributed by atoms with Crippen LogP contribution in [0.3, 0.4) is 0 Å². The molecule has 3 rings (SSSR count). The van der Waals surface area contributed by atoms with Gasteiger partial charge in [-0.2, -0.15) is 5.10 Å². The monoisotopic (exact) mass is 304 g/mol. The molecule has 0 spiro atoms. The van der Waals surface area contributed by atoms with Crippen molar-refractivity contribution in [1.82, 2.24) is 15.5 Å². The number of nitrogens with zero attached hydrogens (tertiary/aromatic N) is 2. The summed E-state index contributed by atoms with van der Waals surface area (Å²) in [6.07, 6.45) is 7.65. The molecule has 1 amide bonds. The number of nitrogens with one attached hydrogen (secondary N) is 1. The third-order valence-corrected chi connectivity index (χ3v) is 5.77. The van der Waals surface area contributed by atoms with Gasteiger partial charge >= 0.3 is 0 Å². The number of nitrogens with two attached hydrogens (primary N) is 1. The highest BCUT2D eigenvalue weighted by Crippen LogP contribution is 2.40. The summed E-state index contributed by atoms with van der Waals surface area (Å²) in [5.74, 6) is -0.0878. The molecule has 3 N–H and O–H groups in total. The van der Waals surface area contributed by atoms with E-state index in [0.717, 1.165) is 18.4 Å². The van der Waals surface area contributed by atoms with Crippen molar-refractivity contribution in [2.75, 3.05) is 12.3 Å². The predicted molar refractivity (Wildman–Crippen MR) is 85.4 cm³/mol. The Morgan fingerprint density at radius 2 is 2.24 bits per heavy atom. The van der Waals surface area contributed by atoms with Gasteiger partial charge in [-0.1, -0.05) is 19.8 Å². The molecule has 0 radical (unpaired) electrons. The highest BCUT2D eigenvalue weighted by atomic mass is 32.1. The molecular formula is C15H20N4OS. The number of nitrogen functional groups attached to an aromatic ring is 1. The lowest BCUT2D eigenvalue weighted by atomic mass is 9.83. The van der Waals surface area contributed by atoms with E-state index in [4.69, 9.17) is 5.73 Å². The first kappa shape index (κ1) is 14.3. The van der Waals surface area contributed by atoms with Gasteiger partial charge in [-0.3, -0.25) is 4.79 Å². The zero-order chi connectivity index (χ0) is 14.9. The first-order valence-electron chi connectivity index (χ1n) is 7.43. The van der Waals surface area contributed by atoms with Crippen molar-refractivity contribution in [3.63, 3.8) is 0 Å². The normalized spacial score (nSPS) is 17.2. The van der Waals surface area contributed by atoms with Gasteiger partial charge < -0.3 is 11.1 Å². The van der Waals surface area contributed by atoms with Crippen LogP contribution < -0.4 is 11.1 Å². The molecule has 21 heavy (non-hydrogen) atoms. The molecule has 0 atom stereocenters. The van der Waals surface area contributed by atoms with E-state index in [1.165, 1.54) is 37.0 Å². The fourth-order valence-corrected chi connectivity index (χ4v) is 4.12. The maximum Gasteiger partial charge on any atom is 0.263 e. The lowest BCUT2D eigenvalue weighted by Crippen LogP contribution is -2.35. The van der Waals surface area contributed by atoms with Crippen LogP contribution in [0.25, 0.3) is 10.2 Å². The maximum atomic E-state index is 12.4. The van der Waals surface area contributed by atoms with Crippen LogP contribution in [0.5, 0.6) is 0 Å². The number of thiophene rings is 1. The lowest BCUT2D eigenvalue weighted by Gasteiger charge is -2.27. The summed E-state index contributed by atoms with van der Waals surface area (Å²) < 4.78 is 0. The average Bonchev–Trinajstić information content (AvgIpc) is 3.11. The van der Waals surface area contributed by atoms with Crippen molar-refractivity contribution >= 4 is 33.1 Å². The molecule has 1 saturated carbocycles. The summed E-state index contributed by atoms with van der Waals surface area (Å²) in [4.78, 5) is 13.7. The van der Waals surface area contributed by atoms with E-state index >= 15 is 0 Å². The summed E-state index contributed by atoms with van der Waals surface area (Å²) in [6, 6.07) is 1.80. The Labute approximate surface area is 127 Å². The number of anilines is 1. The van der Waals surface area contributed by atoms with Gasteiger partial charge in [-0.15, -0.1) is 16.4 Å². The highest BCUT2D eigenvalue weighted by molar-refractivity contribution is 7.21. The second-order valence-electron chi connectivity index (χ2n) is 5.84. The minimum absolute atomic E-state index is 0.0878. The molecule has 2 aromatic rings. The fraction of sp³-hybridized carbons (Fsp3) is 0.533. The Morgan fingerprint density at radius 1 is 1.48 bits per heavy atom. The second kappa shape index (κ2) is 5.60. The smallest absolute Gasteiger partial charge is 0.263 e. The zero-order valence-electron chi connectivity index (χ0n) is 12.2. The molecule has 2 heterocycles. The first-order valence-corrected chi connectivity index (χ1v) is 8.25. The zero-order valence-corrected chi connectivity index (χ0v) is 13.0. The van der Waals surface area contributed by atoms with Crippen LogP contribution in [-0.2, 0) is 0 Å². The molecule has 0 aliphatic heterocycles. The quantitative estimate of drug-likeness (QED) is 0.910. The molecule has 1 aliphatic carbocycles. The SMILES string of the molecule is CCC1(CNC(=O)c2sc3nnccc3c2N)CCCC1. The molecule has 2 aromatic heterocycles. The molecule has 5 nitrogen and oxygen atoms in total. The number of amides is 1. The van der Waals surface area contributed by atoms with Gasteiger partial charge in [0.1, 0.15) is 9.71 Å². The van der Waals surface area contributed by atoms with Crippen molar-refractivity contribution in [2.45, 2.75) is 39.0 Å². The number of rotatable bonds is 4. The van der Waals surface area contributed by atoms with E-state index in [9.17, 15) is 4.79 Å². The molecule has 1 aliphatic rings. The van der Waals surface area contributed by atoms with E-state index in [1.54, 1.807) is 12.3 Å². The third kappa shape index (κ3) is 2.60. The van der Waals surface area contributed by atoms with Gasteiger partial charge in [0.15, 0.2) is 0 Å². The summed E-state index contributed by atoms with van der Waals surface area (Å²) in [6.45, 7) is 2.95. The van der Waals surface area contributed by atoms with Gasteiger partial charge in [0, 0.05) is 11.9 Å². The van der Waals surface area contributed by atoms with E-state index in [0.29, 0.717) is 15.4 Å². The van der Waals surface area contributed by atoms with Crippen LogP contribution in [0.1, 0.15) is 48.7 Å². The van der Waals surface area contributed by atoms with E-state index < -0.39 is 0 Å². The van der Waals surface area contributed by atoms with Crippen LogP contribution in [0.4, 0.5) is 5.69 Å². The van der Waals surface area contributed by atoms with Gasteiger partial charge in [0.25, 0.3) is 5.91 Å². The van der Waals surface area contributed by atoms with Crippen molar-refractivity contribution in [3.05, 3.63) is 17.1 Å². The molecule has 6 heteroatoms. The average molecular weight is 304 g/mol. The molecule has 0 saturated heterocycles. The van der Waals surface area contributed by atoms with Crippen LogP contribution >= 0.6 is 11.3 Å². The summed E-state index contributed by atoms with van der Waals surface area (Å²) in [7, 11) is 0. The van der Waals surface area contributed by atoms with E-state index in [1.807, 2.05) is 0 Å². The number of carbonyl (C=O) groups is 1. The molecule has 0 bridgehead atoms. The second-order valence-corrected chi connectivity index (χ2v) is 6.84.